The molecule has 0 saturated heterocycles. The van der Waals surface area contributed by atoms with Crippen LogP contribution in [-0.2, 0) is 4.74 Å². The van der Waals surface area contributed by atoms with Crippen molar-refractivity contribution < 1.29 is 4.74 Å². The molecule has 0 fully saturated rings. The average molecular weight is 164 g/mol. The van der Waals surface area contributed by atoms with E-state index >= 15 is 0 Å². The molecule has 5 heteroatoms. The van der Waals surface area contributed by atoms with Crippen molar-refractivity contribution in [3.8, 4) is 0 Å². The molecule has 0 spiro atoms. The summed E-state index contributed by atoms with van der Waals surface area (Å²) in [7, 11) is 0. The van der Waals surface area contributed by atoms with Crippen LogP contribution in [0.3, 0.4) is 0 Å². The predicted octanol–water partition coefficient (Wildman–Crippen LogP) is 0.734. The SMILES string of the molecule is Cc1ccnc(C(=N)OC=N)n1. The summed E-state index contributed by atoms with van der Waals surface area (Å²) >= 11 is 0. The summed E-state index contributed by atoms with van der Waals surface area (Å²) in [5.74, 6) is -0.0211. The Bertz CT molecular complexity index is 310. The predicted molar refractivity (Wildman–Crippen MR) is 43.5 cm³/mol. The second-order valence-electron chi connectivity index (χ2n) is 2.09. The molecule has 12 heavy (non-hydrogen) atoms. The van der Waals surface area contributed by atoms with Gasteiger partial charge in [0, 0.05) is 11.9 Å². The van der Waals surface area contributed by atoms with Gasteiger partial charge in [0.1, 0.15) is 0 Å². The first kappa shape index (κ1) is 8.32. The summed E-state index contributed by atoms with van der Waals surface area (Å²) in [5, 5.41) is 13.8. The number of aryl methyl sites for hydroxylation is 1. The molecule has 1 aromatic rings. The van der Waals surface area contributed by atoms with Gasteiger partial charge in [0.25, 0.3) is 5.90 Å². The Labute approximate surface area is 69.4 Å². The molecule has 1 rings (SSSR count). The van der Waals surface area contributed by atoms with Crippen molar-refractivity contribution >= 4 is 12.3 Å². The first-order valence-corrected chi connectivity index (χ1v) is 3.28. The highest BCUT2D eigenvalue weighted by Gasteiger charge is 2.03. The molecule has 5 nitrogen and oxygen atoms in total. The second-order valence-corrected chi connectivity index (χ2v) is 2.09. The van der Waals surface area contributed by atoms with E-state index in [1.807, 2.05) is 0 Å². The van der Waals surface area contributed by atoms with Gasteiger partial charge in [0.15, 0.2) is 6.40 Å². The Balaban J connectivity index is 2.87. The number of hydrogen-bond donors (Lipinski definition) is 2. The molecule has 0 aromatic carbocycles. The van der Waals surface area contributed by atoms with Crippen LogP contribution in [0.2, 0.25) is 0 Å². The van der Waals surface area contributed by atoms with Gasteiger partial charge in [-0.3, -0.25) is 10.8 Å². The average Bonchev–Trinajstić information content (AvgIpc) is 2.05. The van der Waals surface area contributed by atoms with Crippen LogP contribution in [0.25, 0.3) is 0 Å². The first-order valence-electron chi connectivity index (χ1n) is 3.28. The fourth-order valence-corrected chi connectivity index (χ4v) is 0.670. The number of nitrogens with zero attached hydrogens (tertiary/aromatic N) is 2. The Morgan fingerprint density at radius 3 is 3.00 bits per heavy atom. The molecule has 62 valence electrons. The van der Waals surface area contributed by atoms with Crippen molar-refractivity contribution in [2.75, 3.05) is 0 Å². The van der Waals surface area contributed by atoms with E-state index in [0.29, 0.717) is 6.40 Å². The van der Waals surface area contributed by atoms with Crippen LogP contribution in [0.5, 0.6) is 0 Å². The van der Waals surface area contributed by atoms with Crippen LogP contribution in [0.15, 0.2) is 12.3 Å². The smallest absolute Gasteiger partial charge is 0.258 e. The number of aromatic nitrogens is 2. The molecule has 0 bridgehead atoms. The lowest BCUT2D eigenvalue weighted by Crippen LogP contribution is -2.08. The summed E-state index contributed by atoms with van der Waals surface area (Å²) in [6.45, 7) is 1.79. The van der Waals surface area contributed by atoms with Gasteiger partial charge in [0.2, 0.25) is 5.82 Å². The molecule has 0 unspecified atom stereocenters. The lowest BCUT2D eigenvalue weighted by Gasteiger charge is -1.99. The molecule has 0 atom stereocenters. The second kappa shape index (κ2) is 3.56. The van der Waals surface area contributed by atoms with Crippen LogP contribution < -0.4 is 0 Å². The lowest BCUT2D eigenvalue weighted by molar-refractivity contribution is 0.554. The Hall–Kier alpha value is -1.78. The first-order chi connectivity index (χ1) is 5.74. The lowest BCUT2D eigenvalue weighted by atomic mass is 10.4. The molecule has 1 aromatic heterocycles. The molecular formula is C7H8N4O. The summed E-state index contributed by atoms with van der Waals surface area (Å²) in [6.07, 6.45) is 2.22. The van der Waals surface area contributed by atoms with Crippen LogP contribution in [0.1, 0.15) is 11.5 Å². The van der Waals surface area contributed by atoms with Crippen molar-refractivity contribution in [3.63, 3.8) is 0 Å². The zero-order valence-corrected chi connectivity index (χ0v) is 6.53. The van der Waals surface area contributed by atoms with Gasteiger partial charge in [-0.1, -0.05) is 0 Å². The van der Waals surface area contributed by atoms with Crippen molar-refractivity contribution in [1.29, 1.82) is 10.8 Å². The van der Waals surface area contributed by atoms with Gasteiger partial charge in [-0.05, 0) is 13.0 Å². The minimum Gasteiger partial charge on any atom is -0.425 e. The highest BCUT2D eigenvalue weighted by atomic mass is 16.5. The molecule has 2 N–H and O–H groups in total. The maximum absolute atomic E-state index is 7.23. The van der Waals surface area contributed by atoms with Crippen molar-refractivity contribution in [1.82, 2.24) is 9.97 Å². The molecular weight excluding hydrogens is 156 g/mol. The molecule has 1 heterocycles. The largest absolute Gasteiger partial charge is 0.425 e. The molecule has 0 saturated carbocycles. The fraction of sp³-hybridized carbons (Fsp3) is 0.143. The van der Waals surface area contributed by atoms with Gasteiger partial charge in [-0.2, -0.15) is 0 Å². The maximum atomic E-state index is 7.23. The number of ether oxygens (including phenoxy) is 1. The minimum absolute atomic E-state index is 0.193. The summed E-state index contributed by atoms with van der Waals surface area (Å²) in [5.41, 5.74) is 0.762. The van der Waals surface area contributed by atoms with E-state index < -0.39 is 0 Å². The number of nitrogens with one attached hydrogen (secondary N) is 2. The van der Waals surface area contributed by atoms with Crippen LogP contribution in [0.4, 0.5) is 0 Å². The topological polar surface area (TPSA) is 82.7 Å². The highest BCUT2D eigenvalue weighted by Crippen LogP contribution is 1.94. The van der Waals surface area contributed by atoms with E-state index in [-0.39, 0.29) is 11.7 Å². The third-order valence-corrected chi connectivity index (χ3v) is 1.17. The maximum Gasteiger partial charge on any atom is 0.258 e. The van der Waals surface area contributed by atoms with E-state index in [4.69, 9.17) is 10.8 Å². The summed E-state index contributed by atoms with van der Waals surface area (Å²) < 4.78 is 4.48. The Kier molecular flexibility index (Phi) is 2.47. The van der Waals surface area contributed by atoms with Crippen molar-refractivity contribution in [2.45, 2.75) is 6.92 Å². The van der Waals surface area contributed by atoms with Gasteiger partial charge in [-0.15, -0.1) is 0 Å². The highest BCUT2D eigenvalue weighted by molar-refractivity contribution is 5.91. The van der Waals surface area contributed by atoms with E-state index in [9.17, 15) is 0 Å². The normalized spacial score (nSPS) is 9.08. The van der Waals surface area contributed by atoms with Crippen molar-refractivity contribution in [2.24, 2.45) is 0 Å². The van der Waals surface area contributed by atoms with Crippen LogP contribution in [0, 0.1) is 17.7 Å². The van der Waals surface area contributed by atoms with Gasteiger partial charge < -0.3 is 4.74 Å². The molecule has 0 radical (unpaired) electrons. The molecule has 0 aliphatic heterocycles. The van der Waals surface area contributed by atoms with E-state index in [1.54, 1.807) is 19.2 Å². The zero-order valence-electron chi connectivity index (χ0n) is 6.53. The molecule has 0 aliphatic rings. The van der Waals surface area contributed by atoms with Gasteiger partial charge >= 0.3 is 0 Å². The zero-order chi connectivity index (χ0) is 8.97. The fourth-order valence-electron chi connectivity index (χ4n) is 0.670. The molecule has 0 aliphatic carbocycles. The standard InChI is InChI=1S/C7H8N4O/c1-5-2-3-10-7(11-5)6(9)12-4-8/h2-4,8-9H,1H3. The Morgan fingerprint density at radius 2 is 2.42 bits per heavy atom. The van der Waals surface area contributed by atoms with Crippen molar-refractivity contribution in [3.05, 3.63) is 23.8 Å². The summed E-state index contributed by atoms with van der Waals surface area (Å²) in [6, 6.07) is 1.72. The van der Waals surface area contributed by atoms with Gasteiger partial charge in [-0.25, -0.2) is 9.97 Å². The summed E-state index contributed by atoms with van der Waals surface area (Å²) in [4.78, 5) is 7.72. The third-order valence-electron chi connectivity index (χ3n) is 1.17. The number of rotatable bonds is 2. The van der Waals surface area contributed by atoms with Crippen LogP contribution >= 0.6 is 0 Å². The van der Waals surface area contributed by atoms with Gasteiger partial charge in [0.05, 0.1) is 0 Å². The quantitative estimate of drug-likeness (QED) is 0.499. The molecule has 0 amide bonds. The number of hydrogen-bond acceptors (Lipinski definition) is 5. The van der Waals surface area contributed by atoms with Crippen LogP contribution in [-0.4, -0.2) is 22.3 Å². The Morgan fingerprint density at radius 1 is 1.67 bits per heavy atom. The third kappa shape index (κ3) is 1.85. The van der Waals surface area contributed by atoms with E-state index in [1.165, 1.54) is 0 Å². The minimum atomic E-state index is -0.214. The monoisotopic (exact) mass is 164 g/mol. The van der Waals surface area contributed by atoms with E-state index in [2.05, 4.69) is 14.7 Å². The van der Waals surface area contributed by atoms with E-state index in [0.717, 1.165) is 5.69 Å².